The number of aromatic nitrogens is 4. The Labute approximate surface area is 162 Å². The fraction of sp³-hybridized carbons (Fsp3) is 0.150. The van der Waals surface area contributed by atoms with E-state index in [2.05, 4.69) is 20.2 Å². The number of aryl methyl sites for hydroxylation is 2. The van der Waals surface area contributed by atoms with E-state index in [1.807, 2.05) is 0 Å². The smallest absolute Gasteiger partial charge is 0.416 e. The number of rotatable bonds is 2. The minimum absolute atomic E-state index is 0.136. The van der Waals surface area contributed by atoms with Gasteiger partial charge in [-0.3, -0.25) is 4.79 Å². The Hall–Kier alpha value is -3.62. The number of phenolic OH excluding ortho intramolecular Hbond substituents is 1. The summed E-state index contributed by atoms with van der Waals surface area (Å²) >= 11 is 0. The molecule has 2 heterocycles. The first-order chi connectivity index (χ1) is 13.6. The third-order valence-electron chi connectivity index (χ3n) is 4.65. The maximum atomic E-state index is 12.9. The van der Waals surface area contributed by atoms with Crippen molar-refractivity contribution in [2.75, 3.05) is 0 Å². The molecule has 0 radical (unpaired) electrons. The fourth-order valence-corrected chi connectivity index (χ4v) is 3.15. The van der Waals surface area contributed by atoms with Gasteiger partial charge in [0.25, 0.3) is 5.56 Å². The number of alkyl halides is 3. The molecule has 0 bridgehead atoms. The third kappa shape index (κ3) is 3.35. The number of imidazole rings is 1. The lowest BCUT2D eigenvalue weighted by atomic mass is 10.0. The van der Waals surface area contributed by atoms with E-state index >= 15 is 0 Å². The highest BCUT2D eigenvalue weighted by Gasteiger charge is 2.30. The van der Waals surface area contributed by atoms with Crippen molar-refractivity contribution in [3.63, 3.8) is 0 Å². The van der Waals surface area contributed by atoms with Gasteiger partial charge in [0, 0.05) is 5.56 Å². The van der Waals surface area contributed by atoms with E-state index in [0.29, 0.717) is 27.9 Å². The molecule has 4 rings (SSSR count). The van der Waals surface area contributed by atoms with Crippen molar-refractivity contribution < 1.29 is 18.3 Å². The van der Waals surface area contributed by atoms with Gasteiger partial charge in [-0.25, -0.2) is 10.1 Å². The molecule has 0 fully saturated rings. The highest BCUT2D eigenvalue weighted by molar-refractivity contribution is 5.80. The summed E-state index contributed by atoms with van der Waals surface area (Å²) in [6, 6.07) is 8.10. The quantitative estimate of drug-likeness (QED) is 0.467. The summed E-state index contributed by atoms with van der Waals surface area (Å²) in [5, 5.41) is 16.4. The number of H-pyrrole nitrogens is 2. The summed E-state index contributed by atoms with van der Waals surface area (Å²) < 4.78 is 38.8. The van der Waals surface area contributed by atoms with Crippen LogP contribution in [-0.2, 0) is 6.18 Å². The first kappa shape index (κ1) is 18.7. The first-order valence-electron chi connectivity index (χ1n) is 8.61. The van der Waals surface area contributed by atoms with Gasteiger partial charge in [-0.05, 0) is 61.4 Å². The number of phenols is 1. The Kier molecular flexibility index (Phi) is 4.18. The molecule has 6 nitrogen and oxygen atoms in total. The minimum Gasteiger partial charge on any atom is -0.507 e. The molecule has 0 unspecified atom stereocenters. The predicted molar refractivity (Wildman–Crippen MR) is 102 cm³/mol. The van der Waals surface area contributed by atoms with Crippen molar-refractivity contribution in [3.8, 4) is 28.4 Å². The molecule has 0 aliphatic carbocycles. The van der Waals surface area contributed by atoms with Gasteiger partial charge in [0.2, 0.25) is 0 Å². The van der Waals surface area contributed by atoms with Gasteiger partial charge in [0.1, 0.15) is 11.6 Å². The molecule has 9 heteroatoms. The van der Waals surface area contributed by atoms with Crippen LogP contribution in [0.5, 0.6) is 5.75 Å². The van der Waals surface area contributed by atoms with Crippen molar-refractivity contribution >= 4 is 11.0 Å². The summed E-state index contributed by atoms with van der Waals surface area (Å²) in [6.45, 7) is 3.49. The van der Waals surface area contributed by atoms with Crippen LogP contribution in [0.2, 0.25) is 0 Å². The number of hydrogen-bond acceptors (Lipinski definition) is 4. The Morgan fingerprint density at radius 1 is 1.03 bits per heavy atom. The molecule has 0 saturated heterocycles. The highest BCUT2D eigenvalue weighted by atomic mass is 19.4. The predicted octanol–water partition coefficient (Wildman–Crippen LogP) is 4.32. The molecule has 0 spiro atoms. The van der Waals surface area contributed by atoms with Crippen molar-refractivity contribution in [2.45, 2.75) is 20.0 Å². The molecule has 0 saturated carbocycles. The van der Waals surface area contributed by atoms with Crippen LogP contribution in [0.25, 0.3) is 33.7 Å². The Bertz CT molecular complexity index is 1280. The van der Waals surface area contributed by atoms with E-state index in [4.69, 9.17) is 0 Å². The fourth-order valence-electron chi connectivity index (χ4n) is 3.15. The summed E-state index contributed by atoms with van der Waals surface area (Å²) in [4.78, 5) is 19.3. The van der Waals surface area contributed by atoms with Gasteiger partial charge in [-0.2, -0.15) is 18.3 Å². The number of benzene rings is 2. The average Bonchev–Trinajstić information content (AvgIpc) is 3.08. The normalized spacial score (nSPS) is 11.9. The molecule has 2 aromatic carbocycles. The second-order valence-electron chi connectivity index (χ2n) is 6.77. The highest BCUT2D eigenvalue weighted by Crippen LogP contribution is 2.32. The lowest BCUT2D eigenvalue weighted by Crippen LogP contribution is -2.12. The van der Waals surface area contributed by atoms with E-state index in [9.17, 15) is 23.1 Å². The Balaban J connectivity index is 1.83. The summed E-state index contributed by atoms with van der Waals surface area (Å²) in [6.07, 6.45) is -4.48. The molecule has 0 amide bonds. The monoisotopic (exact) mass is 400 g/mol. The molecular weight excluding hydrogens is 385 g/mol. The number of nitrogens with one attached hydrogen (secondary N) is 2. The van der Waals surface area contributed by atoms with Gasteiger partial charge in [-0.15, -0.1) is 0 Å². The van der Waals surface area contributed by atoms with E-state index in [0.717, 1.165) is 12.1 Å². The van der Waals surface area contributed by atoms with Crippen LogP contribution in [0.15, 0.2) is 41.2 Å². The van der Waals surface area contributed by atoms with Gasteiger partial charge in [-0.1, -0.05) is 0 Å². The summed E-state index contributed by atoms with van der Waals surface area (Å²) in [7, 11) is 0. The average molecular weight is 400 g/mol. The van der Waals surface area contributed by atoms with E-state index < -0.39 is 17.3 Å². The van der Waals surface area contributed by atoms with Crippen molar-refractivity contribution in [3.05, 3.63) is 63.4 Å². The second kappa shape index (κ2) is 6.47. The van der Waals surface area contributed by atoms with Crippen molar-refractivity contribution in [1.82, 2.24) is 20.2 Å². The maximum Gasteiger partial charge on any atom is 0.416 e. The number of fused-ring (bicyclic) bond motifs is 1. The molecule has 2 aromatic heterocycles. The molecule has 4 aromatic rings. The molecule has 0 aliphatic rings. The Morgan fingerprint density at radius 3 is 2.38 bits per heavy atom. The van der Waals surface area contributed by atoms with Crippen molar-refractivity contribution in [2.24, 2.45) is 0 Å². The molecule has 0 atom stereocenters. The second-order valence-corrected chi connectivity index (χ2v) is 6.77. The van der Waals surface area contributed by atoms with Crippen molar-refractivity contribution in [1.29, 1.82) is 0 Å². The number of nitrogens with zero attached hydrogens (tertiary/aromatic N) is 2. The van der Waals surface area contributed by atoms with Gasteiger partial charge < -0.3 is 10.1 Å². The van der Waals surface area contributed by atoms with Crippen LogP contribution in [0.3, 0.4) is 0 Å². The number of aromatic amines is 2. The summed E-state index contributed by atoms with van der Waals surface area (Å²) in [5.41, 5.74) is 1.69. The zero-order valence-corrected chi connectivity index (χ0v) is 15.3. The van der Waals surface area contributed by atoms with Gasteiger partial charge >= 0.3 is 6.18 Å². The zero-order chi connectivity index (χ0) is 20.9. The molecule has 3 N–H and O–H groups in total. The Morgan fingerprint density at radius 2 is 1.72 bits per heavy atom. The van der Waals surface area contributed by atoms with E-state index in [-0.39, 0.29) is 22.7 Å². The number of halogens is 3. The lowest BCUT2D eigenvalue weighted by Gasteiger charge is -2.08. The topological polar surface area (TPSA) is 94.7 Å². The molecule has 148 valence electrons. The SMILES string of the molecule is Cc1cc(-c2cc(-c3nc4ccc(C(F)(F)F)cc4[nH]3)c(=O)[nH]n2)cc(C)c1O. The van der Waals surface area contributed by atoms with Gasteiger partial charge in [0.05, 0.1) is 27.9 Å². The van der Waals surface area contributed by atoms with Gasteiger partial charge in [0.15, 0.2) is 0 Å². The minimum atomic E-state index is -4.48. The standard InChI is InChI=1S/C20H15F3N4O2/c1-9-5-11(6-10(2)17(9)28)15-8-13(19(29)27-26-15)18-24-14-4-3-12(20(21,22)23)7-16(14)25-18/h3-8,28H,1-2H3,(H,24,25)(H,27,29). The van der Waals surface area contributed by atoms with E-state index in [1.165, 1.54) is 12.1 Å². The zero-order valence-electron chi connectivity index (χ0n) is 15.3. The van der Waals surface area contributed by atoms with Crippen LogP contribution in [-0.4, -0.2) is 25.3 Å². The van der Waals surface area contributed by atoms with Crippen LogP contribution >= 0.6 is 0 Å². The third-order valence-corrected chi connectivity index (χ3v) is 4.65. The number of hydrogen-bond donors (Lipinski definition) is 3. The molecule has 0 aliphatic heterocycles. The molecule has 29 heavy (non-hydrogen) atoms. The molecular formula is C20H15F3N4O2. The van der Waals surface area contributed by atoms with Crippen LogP contribution in [0, 0.1) is 13.8 Å². The van der Waals surface area contributed by atoms with Crippen LogP contribution in [0.4, 0.5) is 13.2 Å². The summed E-state index contributed by atoms with van der Waals surface area (Å²) in [5.74, 6) is 0.313. The number of aromatic hydroxyl groups is 1. The lowest BCUT2D eigenvalue weighted by molar-refractivity contribution is -0.137. The van der Waals surface area contributed by atoms with Crippen LogP contribution in [0.1, 0.15) is 16.7 Å². The van der Waals surface area contributed by atoms with Crippen LogP contribution < -0.4 is 5.56 Å². The maximum absolute atomic E-state index is 12.9. The van der Waals surface area contributed by atoms with E-state index in [1.54, 1.807) is 26.0 Å². The largest absolute Gasteiger partial charge is 0.507 e. The first-order valence-corrected chi connectivity index (χ1v) is 8.61.